The minimum Gasteiger partial charge on any atom is -0.497 e. The first-order valence-corrected chi connectivity index (χ1v) is 7.36. The third-order valence-corrected chi connectivity index (χ3v) is 3.77. The zero-order valence-corrected chi connectivity index (χ0v) is 13.1. The van der Waals surface area contributed by atoms with Gasteiger partial charge in [0.1, 0.15) is 18.7 Å². The molecule has 1 amide bonds. The van der Waals surface area contributed by atoms with Crippen LogP contribution >= 0.6 is 0 Å². The minimum absolute atomic E-state index is 0.144. The van der Waals surface area contributed by atoms with Gasteiger partial charge in [-0.1, -0.05) is 0 Å². The number of carbonyl (C=O) groups excluding carboxylic acids is 1. The molecule has 1 heterocycles. The number of ether oxygens (including phenoxy) is 3. The van der Waals surface area contributed by atoms with Crippen molar-refractivity contribution >= 4 is 11.6 Å². The molecule has 1 aliphatic rings. The second-order valence-corrected chi connectivity index (χ2v) is 5.16. The largest absolute Gasteiger partial charge is 0.497 e. The first kappa shape index (κ1) is 16.7. The molecule has 0 aromatic heterocycles. The van der Waals surface area contributed by atoms with Crippen LogP contribution in [0.15, 0.2) is 24.3 Å². The van der Waals surface area contributed by atoms with E-state index in [-0.39, 0.29) is 25.3 Å². The third kappa shape index (κ3) is 3.39. The van der Waals surface area contributed by atoms with Crippen molar-refractivity contribution in [2.24, 2.45) is 5.92 Å². The molecule has 1 fully saturated rings. The summed E-state index contributed by atoms with van der Waals surface area (Å²) >= 11 is 0. The van der Waals surface area contributed by atoms with Crippen LogP contribution in [0.2, 0.25) is 0 Å². The molecule has 1 aromatic carbocycles. The molecule has 0 spiro atoms. The Hall–Kier alpha value is -1.66. The quantitative estimate of drug-likeness (QED) is 0.420. The maximum absolute atomic E-state index is 13.7. The number of halogens is 1. The van der Waals surface area contributed by atoms with Crippen LogP contribution in [0.25, 0.3) is 0 Å². The van der Waals surface area contributed by atoms with Crippen molar-refractivity contribution in [3.8, 4) is 5.75 Å². The molecule has 0 aliphatic carbocycles. The van der Waals surface area contributed by atoms with Crippen molar-refractivity contribution in [1.29, 1.82) is 0 Å². The number of nitrogens with zero attached hydrogens (tertiary/aromatic N) is 1. The summed E-state index contributed by atoms with van der Waals surface area (Å²) in [6.45, 7) is 4.21. The first-order valence-electron chi connectivity index (χ1n) is 7.36. The van der Waals surface area contributed by atoms with Crippen LogP contribution in [0.1, 0.15) is 13.8 Å². The summed E-state index contributed by atoms with van der Waals surface area (Å²) in [5.74, 6) is -0.176. The number of rotatable bonds is 8. The van der Waals surface area contributed by atoms with Crippen LogP contribution in [0, 0.1) is 5.92 Å². The number of benzene rings is 1. The Labute approximate surface area is 130 Å². The monoisotopic (exact) mass is 311 g/mol. The Bertz CT molecular complexity index is 491. The van der Waals surface area contributed by atoms with Gasteiger partial charge in [-0.05, 0) is 38.1 Å². The Morgan fingerprint density at radius 1 is 1.27 bits per heavy atom. The average molecular weight is 311 g/mol. The van der Waals surface area contributed by atoms with Gasteiger partial charge in [0, 0.05) is 12.3 Å². The minimum atomic E-state index is -1.21. The Balaban J connectivity index is 2.07. The lowest BCUT2D eigenvalue weighted by molar-refractivity contribution is -0.137. The van der Waals surface area contributed by atoms with Gasteiger partial charge < -0.3 is 19.1 Å². The lowest BCUT2D eigenvalue weighted by Crippen LogP contribution is -2.65. The van der Waals surface area contributed by atoms with Gasteiger partial charge in [0.15, 0.2) is 0 Å². The van der Waals surface area contributed by atoms with Crippen molar-refractivity contribution in [2.45, 2.75) is 26.1 Å². The lowest BCUT2D eigenvalue weighted by Gasteiger charge is -2.47. The summed E-state index contributed by atoms with van der Waals surface area (Å²) in [4.78, 5) is 13.8. The summed E-state index contributed by atoms with van der Waals surface area (Å²) in [7, 11) is 1.58. The van der Waals surface area contributed by atoms with E-state index in [1.165, 1.54) is 6.92 Å². The molecule has 6 heteroatoms. The molecule has 5 nitrogen and oxygen atoms in total. The van der Waals surface area contributed by atoms with Crippen molar-refractivity contribution in [3.63, 3.8) is 0 Å². The molecule has 0 radical (unpaired) electrons. The fourth-order valence-electron chi connectivity index (χ4n) is 2.62. The zero-order chi connectivity index (χ0) is 16.1. The molecule has 2 rings (SSSR count). The van der Waals surface area contributed by atoms with E-state index in [4.69, 9.17) is 14.2 Å². The lowest BCUT2D eigenvalue weighted by atomic mass is 9.84. The Morgan fingerprint density at radius 3 is 2.50 bits per heavy atom. The molecule has 122 valence electrons. The maximum atomic E-state index is 13.7. The molecule has 1 aliphatic heterocycles. The van der Waals surface area contributed by atoms with Crippen LogP contribution < -0.4 is 9.64 Å². The number of hydrogen-bond acceptors (Lipinski definition) is 4. The van der Waals surface area contributed by atoms with Gasteiger partial charge in [0.05, 0.1) is 25.7 Å². The van der Waals surface area contributed by atoms with Gasteiger partial charge in [-0.25, -0.2) is 4.39 Å². The molecule has 3 atom stereocenters. The normalized spacial score (nSPS) is 22.4. The first-order chi connectivity index (χ1) is 10.6. The van der Waals surface area contributed by atoms with Crippen LogP contribution in [0.5, 0.6) is 5.75 Å². The fraction of sp³-hybridized carbons (Fsp3) is 0.562. The second-order valence-electron chi connectivity index (χ2n) is 5.16. The van der Waals surface area contributed by atoms with Crippen LogP contribution in [-0.2, 0) is 14.3 Å². The molecule has 22 heavy (non-hydrogen) atoms. The molecule has 0 bridgehead atoms. The van der Waals surface area contributed by atoms with E-state index in [9.17, 15) is 9.18 Å². The highest BCUT2D eigenvalue weighted by molar-refractivity contribution is 6.03. The van der Waals surface area contributed by atoms with Crippen LogP contribution in [-0.4, -0.2) is 45.2 Å². The maximum Gasteiger partial charge on any atom is 0.235 e. The molecule has 0 unspecified atom stereocenters. The summed E-state index contributed by atoms with van der Waals surface area (Å²) in [5, 5.41) is 0. The number of amides is 1. The van der Waals surface area contributed by atoms with Crippen molar-refractivity contribution in [2.75, 3.05) is 32.0 Å². The molecule has 0 N–H and O–H groups in total. The molecule has 1 saturated heterocycles. The average Bonchev–Trinajstić information content (AvgIpc) is 2.50. The Morgan fingerprint density at radius 2 is 1.95 bits per heavy atom. The number of hydrogen-bond donors (Lipinski definition) is 0. The van der Waals surface area contributed by atoms with Crippen LogP contribution in [0.3, 0.4) is 0 Å². The van der Waals surface area contributed by atoms with Crippen molar-refractivity contribution in [1.82, 2.24) is 0 Å². The smallest absolute Gasteiger partial charge is 0.235 e. The van der Waals surface area contributed by atoms with Gasteiger partial charge >= 0.3 is 0 Å². The van der Waals surface area contributed by atoms with E-state index in [1.807, 2.05) is 6.92 Å². The number of anilines is 1. The zero-order valence-electron chi connectivity index (χ0n) is 13.1. The number of methoxy groups -OCH3 is 1. The SMILES string of the molecule is CCOCOC[C@@H]1[C@@H]([C@@H](C)F)C(=O)N1c1ccc(OC)cc1. The van der Waals surface area contributed by atoms with E-state index in [1.54, 1.807) is 36.3 Å². The highest BCUT2D eigenvalue weighted by atomic mass is 19.1. The summed E-state index contributed by atoms with van der Waals surface area (Å²) in [6.07, 6.45) is -1.21. The predicted octanol–water partition coefficient (Wildman–Crippen LogP) is 2.40. The van der Waals surface area contributed by atoms with Gasteiger partial charge in [0.2, 0.25) is 5.91 Å². The number of carbonyl (C=O) groups is 1. The topological polar surface area (TPSA) is 48.0 Å². The second kappa shape index (κ2) is 7.56. The number of β-lactam (4-membered cyclic amide) rings is 1. The highest BCUT2D eigenvalue weighted by Gasteiger charge is 2.51. The van der Waals surface area contributed by atoms with Gasteiger partial charge in [-0.3, -0.25) is 4.79 Å². The van der Waals surface area contributed by atoms with Gasteiger partial charge in [0.25, 0.3) is 0 Å². The van der Waals surface area contributed by atoms with E-state index < -0.39 is 12.1 Å². The van der Waals surface area contributed by atoms with Crippen molar-refractivity contribution < 1.29 is 23.4 Å². The molecule has 0 saturated carbocycles. The van der Waals surface area contributed by atoms with Crippen LogP contribution in [0.4, 0.5) is 10.1 Å². The van der Waals surface area contributed by atoms with Crippen molar-refractivity contribution in [3.05, 3.63) is 24.3 Å². The van der Waals surface area contributed by atoms with E-state index >= 15 is 0 Å². The fourth-order valence-corrected chi connectivity index (χ4v) is 2.62. The standard InChI is InChI=1S/C16H22FNO4/c1-4-21-10-22-9-14-15(11(2)17)16(19)18(14)12-5-7-13(20-3)8-6-12/h5-8,11,14-15H,4,9-10H2,1-3H3/t11-,14-,15-/m1/s1. The Kier molecular flexibility index (Phi) is 5.74. The van der Waals surface area contributed by atoms with E-state index in [2.05, 4.69) is 0 Å². The molecule has 1 aromatic rings. The summed E-state index contributed by atoms with van der Waals surface area (Å²) in [6, 6.07) is 6.79. The third-order valence-electron chi connectivity index (χ3n) is 3.77. The number of alkyl halides is 1. The predicted molar refractivity (Wildman–Crippen MR) is 80.8 cm³/mol. The highest BCUT2D eigenvalue weighted by Crippen LogP contribution is 2.36. The van der Waals surface area contributed by atoms with E-state index in [0.717, 1.165) is 0 Å². The van der Waals surface area contributed by atoms with E-state index in [0.29, 0.717) is 18.0 Å². The summed E-state index contributed by atoms with van der Waals surface area (Å²) in [5.41, 5.74) is 0.715. The molecular formula is C16H22FNO4. The summed E-state index contributed by atoms with van der Waals surface area (Å²) < 4.78 is 29.3. The molecular weight excluding hydrogens is 289 g/mol. The van der Waals surface area contributed by atoms with Gasteiger partial charge in [-0.15, -0.1) is 0 Å². The van der Waals surface area contributed by atoms with Gasteiger partial charge in [-0.2, -0.15) is 0 Å².